The Morgan fingerprint density at radius 2 is 1.26 bits per heavy atom. The molecule has 1 aliphatic carbocycles. The van der Waals surface area contributed by atoms with Gasteiger partial charge in [0.2, 0.25) is 5.65 Å². The molecule has 0 N–H and O–H groups in total. The van der Waals surface area contributed by atoms with E-state index < -0.39 is 0 Å². The zero-order chi connectivity index (χ0) is 20.1. The highest BCUT2D eigenvalue weighted by atomic mass is 15.2. The largest absolute Gasteiger partial charge is 0.276 e. The SMILES string of the molecule is c1ccc2c(c1)C1c3ccccc3C2[n+]2c1n1c3ccccc3nc1c1ccccc12. The Morgan fingerprint density at radius 1 is 0.645 bits per heavy atom. The van der Waals surface area contributed by atoms with Gasteiger partial charge in [0, 0.05) is 11.1 Å². The predicted octanol–water partition coefficient (Wildman–Crippen LogP) is 5.37. The van der Waals surface area contributed by atoms with Crippen LogP contribution in [0.5, 0.6) is 0 Å². The number of rotatable bonds is 0. The molecule has 31 heavy (non-hydrogen) atoms. The molecule has 2 aromatic heterocycles. The van der Waals surface area contributed by atoms with Crippen molar-refractivity contribution in [2.45, 2.75) is 12.0 Å². The highest BCUT2D eigenvalue weighted by Gasteiger charge is 2.49. The number of imidazole rings is 1. The van der Waals surface area contributed by atoms with E-state index in [9.17, 15) is 0 Å². The second kappa shape index (κ2) is 5.38. The molecular weight excluding hydrogens is 378 g/mol. The molecule has 2 aliphatic heterocycles. The van der Waals surface area contributed by atoms with Crippen LogP contribution in [0, 0.1) is 0 Å². The molecule has 144 valence electrons. The van der Waals surface area contributed by atoms with Crippen molar-refractivity contribution in [2.24, 2.45) is 0 Å². The van der Waals surface area contributed by atoms with E-state index in [4.69, 9.17) is 4.98 Å². The van der Waals surface area contributed by atoms with E-state index in [1.165, 1.54) is 44.5 Å². The van der Waals surface area contributed by atoms with Gasteiger partial charge in [-0.15, -0.1) is 0 Å². The van der Waals surface area contributed by atoms with Gasteiger partial charge in [-0.2, -0.15) is 4.40 Å². The van der Waals surface area contributed by atoms with Crippen molar-refractivity contribution < 1.29 is 4.57 Å². The summed E-state index contributed by atoms with van der Waals surface area (Å²) in [7, 11) is 0. The van der Waals surface area contributed by atoms with Gasteiger partial charge in [-0.3, -0.25) is 0 Å². The first kappa shape index (κ1) is 15.8. The third kappa shape index (κ3) is 1.77. The van der Waals surface area contributed by atoms with Crippen LogP contribution in [0.2, 0.25) is 0 Å². The number of aromatic nitrogens is 3. The van der Waals surface area contributed by atoms with E-state index in [2.05, 4.69) is 106 Å². The monoisotopic (exact) mass is 396 g/mol. The van der Waals surface area contributed by atoms with Crippen LogP contribution in [0.4, 0.5) is 0 Å². The molecule has 3 heteroatoms. The van der Waals surface area contributed by atoms with Crippen LogP contribution in [-0.2, 0) is 0 Å². The Hall–Kier alpha value is -3.98. The number of hydrogen-bond acceptors (Lipinski definition) is 1. The standard InChI is InChI=1S/C28H18N3/c1-3-11-19-17(9-1)25-18-10-2-4-12-20(18)26(19)30-23-15-7-5-13-21(23)27-29-22-14-6-8-16-24(22)31(27)28(25)30/h1-16,25-26H/q+1. The summed E-state index contributed by atoms with van der Waals surface area (Å²) in [5.41, 5.74) is 10.2. The Balaban J connectivity index is 1.68. The fourth-order valence-corrected chi connectivity index (χ4v) is 6.02. The van der Waals surface area contributed by atoms with Gasteiger partial charge in [-0.1, -0.05) is 72.8 Å². The van der Waals surface area contributed by atoms with Crippen molar-refractivity contribution in [3.63, 3.8) is 0 Å². The zero-order valence-corrected chi connectivity index (χ0v) is 16.7. The summed E-state index contributed by atoms with van der Waals surface area (Å²) in [6.07, 6.45) is 0. The molecule has 0 spiro atoms. The molecule has 4 aromatic carbocycles. The topological polar surface area (TPSA) is 21.2 Å². The number of nitrogens with zero attached hydrogens (tertiary/aromatic N) is 3. The molecule has 0 fully saturated rings. The lowest BCUT2D eigenvalue weighted by atomic mass is 9.71. The van der Waals surface area contributed by atoms with Crippen molar-refractivity contribution in [3.8, 4) is 0 Å². The molecule has 0 saturated heterocycles. The first-order valence-corrected chi connectivity index (χ1v) is 10.8. The van der Waals surface area contributed by atoms with Crippen LogP contribution < -0.4 is 4.57 Å². The summed E-state index contributed by atoms with van der Waals surface area (Å²) < 4.78 is 4.99. The third-order valence-corrected chi connectivity index (χ3v) is 7.16. The van der Waals surface area contributed by atoms with Crippen LogP contribution in [-0.4, -0.2) is 9.38 Å². The van der Waals surface area contributed by atoms with E-state index in [1.807, 2.05) is 0 Å². The maximum atomic E-state index is 5.10. The van der Waals surface area contributed by atoms with E-state index in [0.717, 1.165) is 11.2 Å². The summed E-state index contributed by atoms with van der Waals surface area (Å²) in [6.45, 7) is 0. The minimum absolute atomic E-state index is 0.169. The lowest BCUT2D eigenvalue weighted by molar-refractivity contribution is -0.696. The van der Waals surface area contributed by atoms with Gasteiger partial charge >= 0.3 is 0 Å². The molecule has 0 amide bonds. The smallest absolute Gasteiger partial charge is 0.218 e. The first-order valence-electron chi connectivity index (χ1n) is 10.8. The second-order valence-electron chi connectivity index (χ2n) is 8.60. The average molecular weight is 396 g/mol. The molecule has 2 bridgehead atoms. The Morgan fingerprint density at radius 3 is 2.03 bits per heavy atom. The van der Waals surface area contributed by atoms with Crippen molar-refractivity contribution in [1.29, 1.82) is 0 Å². The van der Waals surface area contributed by atoms with Gasteiger partial charge in [0.15, 0.2) is 11.6 Å². The highest BCUT2D eigenvalue weighted by molar-refractivity contribution is 5.95. The van der Waals surface area contributed by atoms with Gasteiger partial charge in [0.25, 0.3) is 5.82 Å². The van der Waals surface area contributed by atoms with Crippen LogP contribution in [0.15, 0.2) is 97.1 Å². The Labute approximate surface area is 178 Å². The van der Waals surface area contributed by atoms with Crippen LogP contribution in [0.25, 0.3) is 27.6 Å². The molecule has 0 saturated carbocycles. The molecule has 0 radical (unpaired) electrons. The summed E-state index contributed by atoms with van der Waals surface area (Å²) in [5, 5.41) is 1.20. The van der Waals surface area contributed by atoms with Gasteiger partial charge in [0.05, 0.1) is 5.39 Å². The molecule has 0 atom stereocenters. The van der Waals surface area contributed by atoms with E-state index >= 15 is 0 Å². The minimum atomic E-state index is 0.169. The number of fused-ring (bicyclic) bond motifs is 5. The summed E-state index contributed by atoms with van der Waals surface area (Å²) >= 11 is 0. The van der Waals surface area contributed by atoms with Gasteiger partial charge in [-0.25, -0.2) is 9.55 Å². The van der Waals surface area contributed by atoms with Crippen LogP contribution >= 0.6 is 0 Å². The Bertz CT molecular complexity index is 1660. The summed E-state index contributed by atoms with van der Waals surface area (Å²) in [4.78, 5) is 5.10. The van der Waals surface area contributed by atoms with Crippen LogP contribution in [0.1, 0.15) is 40.0 Å². The van der Waals surface area contributed by atoms with Gasteiger partial charge < -0.3 is 0 Å². The van der Waals surface area contributed by atoms with E-state index in [0.29, 0.717) is 0 Å². The number of para-hydroxylation sites is 3. The maximum Gasteiger partial charge on any atom is 0.276 e. The van der Waals surface area contributed by atoms with E-state index in [-0.39, 0.29) is 12.0 Å². The normalized spacial score (nSPS) is 18.3. The second-order valence-corrected chi connectivity index (χ2v) is 8.60. The summed E-state index contributed by atoms with van der Waals surface area (Å²) in [6, 6.07) is 35.4. The minimum Gasteiger partial charge on any atom is -0.218 e. The number of benzene rings is 4. The lowest BCUT2D eigenvalue weighted by Crippen LogP contribution is -2.54. The van der Waals surface area contributed by atoms with Gasteiger partial charge in [0.1, 0.15) is 17.0 Å². The average Bonchev–Trinajstić information content (AvgIpc) is 3.24. The molecule has 4 heterocycles. The lowest BCUT2D eigenvalue weighted by Gasteiger charge is -2.39. The predicted molar refractivity (Wildman–Crippen MR) is 121 cm³/mol. The highest BCUT2D eigenvalue weighted by Crippen LogP contribution is 2.49. The van der Waals surface area contributed by atoms with Gasteiger partial charge in [-0.05, 0) is 35.4 Å². The molecule has 9 rings (SSSR count). The Kier molecular flexibility index (Phi) is 2.74. The van der Waals surface area contributed by atoms with Crippen LogP contribution in [0.3, 0.4) is 0 Å². The first-order chi connectivity index (χ1) is 15.4. The quantitative estimate of drug-likeness (QED) is 0.316. The third-order valence-electron chi connectivity index (χ3n) is 7.16. The molecule has 6 aromatic rings. The molecule has 3 aliphatic rings. The molecular formula is C28H18N3+. The van der Waals surface area contributed by atoms with Crippen molar-refractivity contribution in [1.82, 2.24) is 9.38 Å². The van der Waals surface area contributed by atoms with Crippen molar-refractivity contribution in [2.75, 3.05) is 0 Å². The summed E-state index contributed by atoms with van der Waals surface area (Å²) in [5.74, 6) is 1.49. The molecule has 3 nitrogen and oxygen atoms in total. The fourth-order valence-electron chi connectivity index (χ4n) is 6.02. The van der Waals surface area contributed by atoms with Crippen molar-refractivity contribution in [3.05, 3.63) is 125 Å². The number of hydrogen-bond donors (Lipinski definition) is 0. The maximum absolute atomic E-state index is 5.10. The fraction of sp³-hybridized carbons (Fsp3) is 0.0714. The molecule has 0 unspecified atom stereocenters. The zero-order valence-electron chi connectivity index (χ0n) is 16.7. The van der Waals surface area contributed by atoms with Crippen molar-refractivity contribution >= 4 is 27.6 Å². The van der Waals surface area contributed by atoms with E-state index in [1.54, 1.807) is 0 Å².